The second-order valence-electron chi connectivity index (χ2n) is 12.1. The lowest BCUT2D eigenvalue weighted by Gasteiger charge is -2.63. The van der Waals surface area contributed by atoms with Gasteiger partial charge in [0.15, 0.2) is 5.82 Å². The number of rotatable bonds is 5. The Morgan fingerprint density at radius 3 is 2.15 bits per heavy atom. The number of aromatic amines is 1. The number of nitrogens with zero attached hydrogens (tertiary/aromatic N) is 4. The first-order valence-corrected chi connectivity index (χ1v) is 12.3. The zero-order valence-corrected chi connectivity index (χ0v) is 18.7. The van der Waals surface area contributed by atoms with Crippen LogP contribution in [0.3, 0.4) is 0 Å². The Morgan fingerprint density at radius 1 is 1.00 bits per heavy atom. The summed E-state index contributed by atoms with van der Waals surface area (Å²) in [4.78, 5) is 21.3. The Balaban J connectivity index is 0.830. The van der Waals surface area contributed by atoms with E-state index in [4.69, 9.17) is 4.74 Å². The van der Waals surface area contributed by atoms with Crippen molar-refractivity contribution in [3.8, 4) is 0 Å². The Labute approximate surface area is 190 Å². The van der Waals surface area contributed by atoms with Gasteiger partial charge >= 0.3 is 12.2 Å². The highest BCUT2D eigenvalue weighted by Gasteiger charge is 2.64. The van der Waals surface area contributed by atoms with Crippen molar-refractivity contribution in [3.05, 3.63) is 11.6 Å². The summed E-state index contributed by atoms with van der Waals surface area (Å²) in [5, 5.41) is 7.51. The Hall–Kier alpha value is -1.84. The molecule has 0 unspecified atom stereocenters. The number of carbonyl (C=O) groups is 1. The number of likely N-dealkylation sites (tertiary alicyclic amines) is 2. The number of alkyl halides is 3. The van der Waals surface area contributed by atoms with E-state index in [9.17, 15) is 18.0 Å². The zero-order valence-electron chi connectivity index (χ0n) is 18.7. The van der Waals surface area contributed by atoms with Gasteiger partial charge in [-0.05, 0) is 51.4 Å². The standard InChI is InChI=1S/C23H30F3N5O2/c24-23(25,26)22(3-4-22)13-33-16-7-21(8-16)11-31(12-21)19(32)30-9-20(10-30)5-15(6-20)18-27-17(28-29-18)14-1-2-14/h14-16H,1-13H2,(H,27,28,29). The van der Waals surface area contributed by atoms with Gasteiger partial charge in [0.05, 0.1) is 18.1 Å². The third-order valence-corrected chi connectivity index (χ3v) is 9.23. The first-order valence-electron chi connectivity index (χ1n) is 12.3. The highest BCUT2D eigenvalue weighted by atomic mass is 19.4. The number of halogens is 3. The van der Waals surface area contributed by atoms with Gasteiger partial charge in [0.1, 0.15) is 5.82 Å². The number of H-pyrrole nitrogens is 1. The molecule has 6 fully saturated rings. The topological polar surface area (TPSA) is 74.3 Å². The minimum absolute atomic E-state index is 0.0737. The maximum atomic E-state index is 13.0. The van der Waals surface area contributed by atoms with Crippen LogP contribution in [0.1, 0.15) is 74.9 Å². The molecule has 7 nitrogen and oxygen atoms in total. The summed E-state index contributed by atoms with van der Waals surface area (Å²) in [6.07, 6.45) is 2.22. The molecule has 4 aliphatic carbocycles. The molecule has 4 saturated carbocycles. The summed E-state index contributed by atoms with van der Waals surface area (Å²) in [5.41, 5.74) is -1.27. The third kappa shape index (κ3) is 3.22. The monoisotopic (exact) mass is 465 g/mol. The fourth-order valence-corrected chi connectivity index (χ4v) is 6.65. The summed E-state index contributed by atoms with van der Waals surface area (Å²) < 4.78 is 44.7. The summed E-state index contributed by atoms with van der Waals surface area (Å²) in [6.45, 7) is 2.85. The molecule has 6 aliphatic rings. The van der Waals surface area contributed by atoms with E-state index in [1.165, 1.54) is 12.8 Å². The second kappa shape index (κ2) is 6.43. The molecular formula is C23H30F3N5O2. The van der Waals surface area contributed by atoms with E-state index in [1.807, 2.05) is 9.80 Å². The molecule has 2 spiro atoms. The first-order chi connectivity index (χ1) is 15.7. The van der Waals surface area contributed by atoms with Crippen molar-refractivity contribution in [2.75, 3.05) is 32.8 Å². The number of ether oxygens (including phenoxy) is 1. The average molecular weight is 466 g/mol. The number of urea groups is 1. The maximum Gasteiger partial charge on any atom is 0.396 e. The molecule has 7 rings (SSSR count). The van der Waals surface area contributed by atoms with Gasteiger partial charge in [0.25, 0.3) is 0 Å². The highest BCUT2D eigenvalue weighted by molar-refractivity contribution is 5.77. The van der Waals surface area contributed by atoms with Crippen LogP contribution in [0.15, 0.2) is 0 Å². The fraction of sp³-hybridized carbons (Fsp3) is 0.870. The molecule has 10 heteroatoms. The number of nitrogens with one attached hydrogen (secondary N) is 1. The smallest absolute Gasteiger partial charge is 0.377 e. The molecule has 2 aliphatic heterocycles. The number of hydrogen-bond acceptors (Lipinski definition) is 4. The van der Waals surface area contributed by atoms with Gasteiger partial charge in [-0.25, -0.2) is 9.78 Å². The fourth-order valence-electron chi connectivity index (χ4n) is 6.65. The van der Waals surface area contributed by atoms with Gasteiger partial charge in [-0.1, -0.05) is 0 Å². The van der Waals surface area contributed by atoms with E-state index in [0.29, 0.717) is 24.9 Å². The van der Waals surface area contributed by atoms with Gasteiger partial charge in [0, 0.05) is 48.8 Å². The van der Waals surface area contributed by atoms with Crippen LogP contribution in [-0.4, -0.2) is 76.1 Å². The molecule has 0 radical (unpaired) electrons. The van der Waals surface area contributed by atoms with E-state index >= 15 is 0 Å². The lowest BCUT2D eigenvalue weighted by atomic mass is 9.57. The van der Waals surface area contributed by atoms with Gasteiger partial charge in [-0.15, -0.1) is 0 Å². The average Bonchev–Trinajstić information content (AvgIpc) is 3.55. The van der Waals surface area contributed by atoms with Crippen molar-refractivity contribution in [1.82, 2.24) is 25.0 Å². The van der Waals surface area contributed by atoms with Crippen molar-refractivity contribution in [3.63, 3.8) is 0 Å². The summed E-state index contributed by atoms with van der Waals surface area (Å²) in [6, 6.07) is 0.113. The number of amides is 2. The van der Waals surface area contributed by atoms with Gasteiger partial charge < -0.3 is 14.5 Å². The van der Waals surface area contributed by atoms with Crippen LogP contribution in [0.25, 0.3) is 0 Å². The van der Waals surface area contributed by atoms with Crippen LogP contribution in [0, 0.1) is 16.2 Å². The normalized spacial score (nSPS) is 29.4. The van der Waals surface area contributed by atoms with E-state index in [2.05, 4.69) is 15.2 Å². The SMILES string of the molecule is O=C(N1CC2(CC(OCC3(C(F)(F)F)CC3)C2)C1)N1CC2(CC(c3n[nH]c(C4CC4)n3)C2)C1. The van der Waals surface area contributed by atoms with Crippen LogP contribution < -0.4 is 0 Å². The van der Waals surface area contributed by atoms with Crippen molar-refractivity contribution in [2.45, 2.75) is 75.5 Å². The van der Waals surface area contributed by atoms with Gasteiger partial charge in [-0.2, -0.15) is 18.3 Å². The second-order valence-corrected chi connectivity index (χ2v) is 12.1. The van der Waals surface area contributed by atoms with Crippen LogP contribution >= 0.6 is 0 Å². The number of aromatic nitrogens is 3. The predicted molar refractivity (Wildman–Crippen MR) is 110 cm³/mol. The van der Waals surface area contributed by atoms with Crippen LogP contribution in [-0.2, 0) is 4.74 Å². The molecule has 3 heterocycles. The van der Waals surface area contributed by atoms with Crippen LogP contribution in [0.2, 0.25) is 0 Å². The van der Waals surface area contributed by atoms with Crippen molar-refractivity contribution >= 4 is 6.03 Å². The van der Waals surface area contributed by atoms with Crippen molar-refractivity contribution < 1.29 is 22.7 Å². The number of hydrogen-bond donors (Lipinski definition) is 1. The molecule has 2 saturated heterocycles. The maximum absolute atomic E-state index is 13.0. The van der Waals surface area contributed by atoms with Crippen LogP contribution in [0.4, 0.5) is 18.0 Å². The van der Waals surface area contributed by atoms with Crippen molar-refractivity contribution in [2.24, 2.45) is 16.2 Å². The van der Waals surface area contributed by atoms with Gasteiger partial charge in [-0.3, -0.25) is 5.10 Å². The summed E-state index contributed by atoms with van der Waals surface area (Å²) in [5.74, 6) is 2.99. The predicted octanol–water partition coefficient (Wildman–Crippen LogP) is 3.81. The molecule has 180 valence electrons. The molecule has 1 aromatic rings. The van der Waals surface area contributed by atoms with E-state index in [1.54, 1.807) is 0 Å². The molecule has 33 heavy (non-hydrogen) atoms. The minimum atomic E-state index is -4.16. The molecule has 0 atom stereocenters. The quantitative estimate of drug-likeness (QED) is 0.718. The first kappa shape index (κ1) is 20.5. The lowest BCUT2D eigenvalue weighted by Crippen LogP contribution is -2.71. The molecule has 0 bridgehead atoms. The summed E-state index contributed by atoms with van der Waals surface area (Å²) >= 11 is 0. The lowest BCUT2D eigenvalue weighted by molar-refractivity contribution is -0.219. The third-order valence-electron chi connectivity index (χ3n) is 9.23. The van der Waals surface area contributed by atoms with E-state index in [-0.39, 0.29) is 42.4 Å². The highest BCUT2D eigenvalue weighted by Crippen LogP contribution is 2.59. The Bertz CT molecular complexity index is 957. The molecule has 1 aromatic heterocycles. The Morgan fingerprint density at radius 2 is 1.61 bits per heavy atom. The number of carbonyl (C=O) groups excluding carboxylic acids is 1. The molecule has 0 aromatic carbocycles. The zero-order chi connectivity index (χ0) is 22.6. The summed E-state index contributed by atoms with van der Waals surface area (Å²) in [7, 11) is 0. The largest absolute Gasteiger partial charge is 0.396 e. The van der Waals surface area contributed by atoms with E-state index in [0.717, 1.165) is 50.4 Å². The van der Waals surface area contributed by atoms with Gasteiger partial charge in [0.2, 0.25) is 0 Å². The van der Waals surface area contributed by atoms with Crippen molar-refractivity contribution in [1.29, 1.82) is 0 Å². The molecular weight excluding hydrogens is 435 g/mol. The van der Waals surface area contributed by atoms with Crippen LogP contribution in [0.5, 0.6) is 0 Å². The molecule has 2 amide bonds. The minimum Gasteiger partial charge on any atom is -0.377 e. The van der Waals surface area contributed by atoms with E-state index < -0.39 is 11.6 Å². The molecule has 1 N–H and O–H groups in total. The Kier molecular flexibility index (Phi) is 4.00.